The molecule has 0 saturated carbocycles. The Labute approximate surface area is 108 Å². The lowest BCUT2D eigenvalue weighted by molar-refractivity contribution is 0.535. The van der Waals surface area contributed by atoms with E-state index in [4.69, 9.17) is 0 Å². The molecule has 1 aliphatic rings. The molecule has 2 aromatic rings. The first-order chi connectivity index (χ1) is 8.84. The van der Waals surface area contributed by atoms with Crippen LogP contribution in [0, 0.1) is 6.92 Å². The molecule has 2 heteroatoms. The van der Waals surface area contributed by atoms with Gasteiger partial charge in [-0.05, 0) is 41.7 Å². The van der Waals surface area contributed by atoms with Gasteiger partial charge in [0.1, 0.15) is 0 Å². The SMILES string of the molecule is Cc1cnccc1CNCC1Cc2ccccc21. The zero-order chi connectivity index (χ0) is 12.4. The normalized spacial score (nSPS) is 17.1. The summed E-state index contributed by atoms with van der Waals surface area (Å²) in [5.41, 5.74) is 5.65. The molecule has 1 heterocycles. The van der Waals surface area contributed by atoms with Gasteiger partial charge in [0.15, 0.2) is 0 Å². The molecule has 1 aliphatic carbocycles. The maximum absolute atomic E-state index is 4.12. The Morgan fingerprint density at radius 2 is 2.17 bits per heavy atom. The van der Waals surface area contributed by atoms with Gasteiger partial charge in [0.05, 0.1) is 0 Å². The number of nitrogens with zero attached hydrogens (tertiary/aromatic N) is 1. The Morgan fingerprint density at radius 1 is 1.28 bits per heavy atom. The number of pyridine rings is 1. The van der Waals surface area contributed by atoms with E-state index in [0.717, 1.165) is 13.1 Å². The van der Waals surface area contributed by atoms with Crippen molar-refractivity contribution in [3.63, 3.8) is 0 Å². The van der Waals surface area contributed by atoms with E-state index in [1.165, 1.54) is 28.7 Å². The van der Waals surface area contributed by atoms with Crippen LogP contribution in [0.15, 0.2) is 42.7 Å². The highest BCUT2D eigenvalue weighted by atomic mass is 14.9. The van der Waals surface area contributed by atoms with E-state index in [0.29, 0.717) is 5.92 Å². The highest BCUT2D eigenvalue weighted by Crippen LogP contribution is 2.33. The summed E-state index contributed by atoms with van der Waals surface area (Å²) in [6, 6.07) is 10.8. The van der Waals surface area contributed by atoms with E-state index in [1.807, 2.05) is 12.4 Å². The zero-order valence-electron chi connectivity index (χ0n) is 10.7. The van der Waals surface area contributed by atoms with E-state index in [9.17, 15) is 0 Å². The van der Waals surface area contributed by atoms with E-state index in [2.05, 4.69) is 47.6 Å². The number of aryl methyl sites for hydroxylation is 1. The molecule has 0 aliphatic heterocycles. The van der Waals surface area contributed by atoms with Crippen LogP contribution in [0.5, 0.6) is 0 Å². The highest BCUT2D eigenvalue weighted by Gasteiger charge is 2.24. The van der Waals surface area contributed by atoms with Crippen LogP contribution in [-0.4, -0.2) is 11.5 Å². The molecule has 0 spiro atoms. The molecule has 1 aromatic heterocycles. The summed E-state index contributed by atoms with van der Waals surface area (Å²) in [6.45, 7) is 4.12. The Morgan fingerprint density at radius 3 is 3.00 bits per heavy atom. The molecular weight excluding hydrogens is 220 g/mol. The van der Waals surface area contributed by atoms with Crippen LogP contribution in [-0.2, 0) is 13.0 Å². The maximum Gasteiger partial charge on any atom is 0.0300 e. The van der Waals surface area contributed by atoms with Gasteiger partial charge in [-0.15, -0.1) is 0 Å². The average Bonchev–Trinajstić information content (AvgIpc) is 2.37. The molecule has 0 amide bonds. The first kappa shape index (κ1) is 11.4. The standard InChI is InChI=1S/C16H18N2/c1-12-9-17-7-6-14(12)10-18-11-15-8-13-4-2-3-5-16(13)15/h2-7,9,15,18H,8,10-11H2,1H3. The van der Waals surface area contributed by atoms with Crippen molar-refractivity contribution in [3.05, 3.63) is 65.0 Å². The monoisotopic (exact) mass is 238 g/mol. The molecule has 1 unspecified atom stereocenters. The van der Waals surface area contributed by atoms with Gasteiger partial charge in [0.2, 0.25) is 0 Å². The molecule has 2 nitrogen and oxygen atoms in total. The van der Waals surface area contributed by atoms with Crippen molar-refractivity contribution < 1.29 is 0 Å². The van der Waals surface area contributed by atoms with Gasteiger partial charge in [-0.25, -0.2) is 0 Å². The summed E-state index contributed by atoms with van der Waals surface area (Å²) in [4.78, 5) is 4.12. The Hall–Kier alpha value is -1.67. The Kier molecular flexibility index (Phi) is 3.11. The summed E-state index contributed by atoms with van der Waals surface area (Å²) in [7, 11) is 0. The van der Waals surface area contributed by atoms with Crippen molar-refractivity contribution in [3.8, 4) is 0 Å². The predicted octanol–water partition coefficient (Wildman–Crippen LogP) is 2.82. The quantitative estimate of drug-likeness (QED) is 0.886. The minimum Gasteiger partial charge on any atom is -0.312 e. The Balaban J connectivity index is 1.54. The Bertz CT molecular complexity index is 548. The third-order valence-corrected chi connectivity index (χ3v) is 3.80. The molecule has 1 N–H and O–H groups in total. The first-order valence-corrected chi connectivity index (χ1v) is 6.52. The third-order valence-electron chi connectivity index (χ3n) is 3.80. The van der Waals surface area contributed by atoms with E-state index >= 15 is 0 Å². The van der Waals surface area contributed by atoms with E-state index in [1.54, 1.807) is 0 Å². The van der Waals surface area contributed by atoms with Crippen molar-refractivity contribution in [1.29, 1.82) is 0 Å². The zero-order valence-corrected chi connectivity index (χ0v) is 10.7. The van der Waals surface area contributed by atoms with Crippen LogP contribution in [0.1, 0.15) is 28.2 Å². The smallest absolute Gasteiger partial charge is 0.0300 e. The van der Waals surface area contributed by atoms with Gasteiger partial charge in [-0.2, -0.15) is 0 Å². The highest BCUT2D eigenvalue weighted by molar-refractivity contribution is 5.40. The van der Waals surface area contributed by atoms with Crippen LogP contribution in [0.2, 0.25) is 0 Å². The number of hydrogen-bond donors (Lipinski definition) is 1. The fraction of sp³-hybridized carbons (Fsp3) is 0.312. The molecule has 18 heavy (non-hydrogen) atoms. The second kappa shape index (κ2) is 4.91. The third kappa shape index (κ3) is 2.16. The van der Waals surface area contributed by atoms with Crippen molar-refractivity contribution >= 4 is 0 Å². The lowest BCUT2D eigenvalue weighted by Gasteiger charge is -2.30. The number of aromatic nitrogens is 1. The topological polar surface area (TPSA) is 24.9 Å². The first-order valence-electron chi connectivity index (χ1n) is 6.52. The van der Waals surface area contributed by atoms with Crippen molar-refractivity contribution in [2.75, 3.05) is 6.54 Å². The van der Waals surface area contributed by atoms with Crippen molar-refractivity contribution in [1.82, 2.24) is 10.3 Å². The minimum absolute atomic E-state index is 0.698. The molecule has 0 radical (unpaired) electrons. The van der Waals surface area contributed by atoms with Crippen molar-refractivity contribution in [2.24, 2.45) is 0 Å². The van der Waals surface area contributed by atoms with Crippen LogP contribution in [0.25, 0.3) is 0 Å². The number of nitrogens with one attached hydrogen (secondary N) is 1. The molecule has 0 bridgehead atoms. The summed E-state index contributed by atoms with van der Waals surface area (Å²) >= 11 is 0. The second-order valence-corrected chi connectivity index (χ2v) is 5.03. The summed E-state index contributed by atoms with van der Waals surface area (Å²) in [6.07, 6.45) is 5.01. The van der Waals surface area contributed by atoms with Crippen LogP contribution < -0.4 is 5.32 Å². The summed E-state index contributed by atoms with van der Waals surface area (Å²) in [5.74, 6) is 0.698. The van der Waals surface area contributed by atoms with Crippen molar-refractivity contribution in [2.45, 2.75) is 25.8 Å². The minimum atomic E-state index is 0.698. The van der Waals surface area contributed by atoms with E-state index < -0.39 is 0 Å². The number of rotatable bonds is 4. The van der Waals surface area contributed by atoms with Gasteiger partial charge < -0.3 is 5.32 Å². The van der Waals surface area contributed by atoms with Crippen LogP contribution in [0.4, 0.5) is 0 Å². The molecule has 0 saturated heterocycles. The fourth-order valence-corrected chi connectivity index (χ4v) is 2.63. The van der Waals surface area contributed by atoms with Gasteiger partial charge in [0, 0.05) is 31.4 Å². The molecule has 1 atom stereocenters. The molecule has 0 fully saturated rings. The molecule has 1 aromatic carbocycles. The maximum atomic E-state index is 4.12. The summed E-state index contributed by atoms with van der Waals surface area (Å²) in [5, 5.41) is 3.56. The fourth-order valence-electron chi connectivity index (χ4n) is 2.63. The average molecular weight is 238 g/mol. The van der Waals surface area contributed by atoms with Gasteiger partial charge >= 0.3 is 0 Å². The van der Waals surface area contributed by atoms with Gasteiger partial charge in [-0.1, -0.05) is 24.3 Å². The van der Waals surface area contributed by atoms with Crippen LogP contribution in [0.3, 0.4) is 0 Å². The van der Waals surface area contributed by atoms with Gasteiger partial charge in [-0.3, -0.25) is 4.98 Å². The van der Waals surface area contributed by atoms with E-state index in [-0.39, 0.29) is 0 Å². The number of hydrogen-bond acceptors (Lipinski definition) is 2. The lowest BCUT2D eigenvalue weighted by Crippen LogP contribution is -2.28. The van der Waals surface area contributed by atoms with Gasteiger partial charge in [0.25, 0.3) is 0 Å². The lowest BCUT2D eigenvalue weighted by atomic mass is 9.77. The number of fused-ring (bicyclic) bond motifs is 1. The molecule has 92 valence electrons. The number of benzene rings is 1. The molecular formula is C16H18N2. The molecule has 3 rings (SSSR count). The predicted molar refractivity (Wildman–Crippen MR) is 73.6 cm³/mol. The second-order valence-electron chi connectivity index (χ2n) is 5.03. The van der Waals surface area contributed by atoms with Crippen LogP contribution >= 0.6 is 0 Å². The largest absolute Gasteiger partial charge is 0.312 e. The summed E-state index contributed by atoms with van der Waals surface area (Å²) < 4.78 is 0.